The number of amides is 1. The molecular formula is C19H25N3O2. The lowest BCUT2D eigenvalue weighted by Gasteiger charge is -2.20. The lowest BCUT2D eigenvalue weighted by atomic mass is 10.1. The number of hydrogen-bond donors (Lipinski definition) is 2. The molecule has 1 atom stereocenters. The fourth-order valence-electron chi connectivity index (χ4n) is 2.39. The molecule has 0 fully saturated rings. The van der Waals surface area contributed by atoms with Crippen LogP contribution in [0.25, 0.3) is 0 Å². The van der Waals surface area contributed by atoms with Crippen molar-refractivity contribution in [1.29, 1.82) is 0 Å². The summed E-state index contributed by atoms with van der Waals surface area (Å²) in [4.78, 5) is 16.5. The molecule has 0 bridgehead atoms. The van der Waals surface area contributed by atoms with Gasteiger partial charge in [0.1, 0.15) is 11.4 Å². The van der Waals surface area contributed by atoms with Gasteiger partial charge in [-0.2, -0.15) is 0 Å². The predicted octanol–water partition coefficient (Wildman–Crippen LogP) is 2.78. The van der Waals surface area contributed by atoms with Crippen LogP contribution in [0.15, 0.2) is 48.7 Å². The normalized spacial score (nSPS) is 11.8. The highest BCUT2D eigenvalue weighted by Gasteiger charge is 2.14. The largest absolute Gasteiger partial charge is 0.497 e. The van der Waals surface area contributed by atoms with Gasteiger partial charge in [0.2, 0.25) is 0 Å². The summed E-state index contributed by atoms with van der Waals surface area (Å²) >= 11 is 0. The van der Waals surface area contributed by atoms with E-state index in [9.17, 15) is 4.79 Å². The third-order valence-electron chi connectivity index (χ3n) is 3.70. The van der Waals surface area contributed by atoms with Crippen LogP contribution in [0.2, 0.25) is 0 Å². The second-order valence-corrected chi connectivity index (χ2v) is 5.60. The number of carbonyl (C=O) groups is 1. The van der Waals surface area contributed by atoms with Gasteiger partial charge in [-0.05, 0) is 42.8 Å². The van der Waals surface area contributed by atoms with Crippen LogP contribution >= 0.6 is 0 Å². The van der Waals surface area contributed by atoms with E-state index < -0.39 is 0 Å². The number of nitrogens with one attached hydrogen (secondary N) is 2. The third kappa shape index (κ3) is 5.66. The molecule has 1 heterocycles. The first kappa shape index (κ1) is 17.9. The molecule has 0 radical (unpaired) electrons. The van der Waals surface area contributed by atoms with Crippen molar-refractivity contribution in [1.82, 2.24) is 15.6 Å². The number of pyridine rings is 1. The van der Waals surface area contributed by atoms with Gasteiger partial charge in [0, 0.05) is 12.6 Å². The van der Waals surface area contributed by atoms with Crippen LogP contribution in [0.5, 0.6) is 5.75 Å². The Morgan fingerprint density at radius 1 is 1.25 bits per heavy atom. The molecule has 2 rings (SSSR count). The van der Waals surface area contributed by atoms with E-state index in [4.69, 9.17) is 4.74 Å². The van der Waals surface area contributed by atoms with E-state index in [0.717, 1.165) is 30.7 Å². The van der Waals surface area contributed by atoms with Crippen LogP contribution in [0.1, 0.15) is 35.8 Å². The number of benzene rings is 1. The Morgan fingerprint density at radius 2 is 2.12 bits per heavy atom. The summed E-state index contributed by atoms with van der Waals surface area (Å²) in [6.07, 6.45) is 4.31. The van der Waals surface area contributed by atoms with E-state index in [-0.39, 0.29) is 12.1 Å². The number of nitrogens with zero attached hydrogens (tertiary/aromatic N) is 1. The number of unbranched alkanes of at least 4 members (excludes halogenated alkanes) is 1. The van der Waals surface area contributed by atoms with Crippen LogP contribution in [-0.4, -0.2) is 30.7 Å². The maximum atomic E-state index is 12.4. The molecular weight excluding hydrogens is 302 g/mol. The van der Waals surface area contributed by atoms with Crippen molar-refractivity contribution in [3.8, 4) is 5.75 Å². The van der Waals surface area contributed by atoms with E-state index >= 15 is 0 Å². The molecule has 5 nitrogen and oxygen atoms in total. The van der Waals surface area contributed by atoms with Crippen LogP contribution in [0.4, 0.5) is 0 Å². The quantitative estimate of drug-likeness (QED) is 0.549. The molecule has 128 valence electrons. The van der Waals surface area contributed by atoms with Crippen molar-refractivity contribution in [2.45, 2.75) is 32.4 Å². The molecule has 1 aromatic heterocycles. The second-order valence-electron chi connectivity index (χ2n) is 5.60. The molecule has 0 spiro atoms. The van der Waals surface area contributed by atoms with Gasteiger partial charge in [-0.15, -0.1) is 0 Å². The highest BCUT2D eigenvalue weighted by molar-refractivity contribution is 5.92. The zero-order valence-corrected chi connectivity index (χ0v) is 14.3. The number of ether oxygens (including phenoxy) is 1. The van der Waals surface area contributed by atoms with Crippen molar-refractivity contribution in [2.24, 2.45) is 0 Å². The van der Waals surface area contributed by atoms with Gasteiger partial charge in [-0.1, -0.05) is 31.5 Å². The fraction of sp³-hybridized carbons (Fsp3) is 0.368. The molecule has 0 aliphatic rings. The van der Waals surface area contributed by atoms with Crippen LogP contribution in [-0.2, 0) is 6.42 Å². The molecule has 1 aromatic carbocycles. The number of rotatable bonds is 9. The maximum absolute atomic E-state index is 12.4. The minimum atomic E-state index is -0.174. The molecule has 0 saturated carbocycles. The smallest absolute Gasteiger partial charge is 0.271 e. The van der Waals surface area contributed by atoms with Gasteiger partial charge < -0.3 is 10.1 Å². The van der Waals surface area contributed by atoms with Crippen molar-refractivity contribution in [3.05, 3.63) is 59.9 Å². The number of aromatic nitrogens is 1. The Labute approximate surface area is 143 Å². The van der Waals surface area contributed by atoms with E-state index in [1.54, 1.807) is 25.4 Å². The van der Waals surface area contributed by atoms with Gasteiger partial charge in [0.25, 0.3) is 5.91 Å². The monoisotopic (exact) mass is 327 g/mol. The second kappa shape index (κ2) is 9.67. The fourth-order valence-corrected chi connectivity index (χ4v) is 2.39. The number of methoxy groups -OCH3 is 1. The SMILES string of the molecule is CCCCN[C@@H](Cc1cccc(OC)c1)NC(=O)c1ccccn1. The predicted molar refractivity (Wildman–Crippen MR) is 95.1 cm³/mol. The molecule has 24 heavy (non-hydrogen) atoms. The highest BCUT2D eigenvalue weighted by atomic mass is 16.5. The summed E-state index contributed by atoms with van der Waals surface area (Å²) in [5.41, 5.74) is 1.52. The lowest BCUT2D eigenvalue weighted by Crippen LogP contribution is -2.47. The summed E-state index contributed by atoms with van der Waals surface area (Å²) in [6, 6.07) is 13.2. The average molecular weight is 327 g/mol. The first-order valence-electron chi connectivity index (χ1n) is 8.31. The topological polar surface area (TPSA) is 63.2 Å². The number of hydrogen-bond acceptors (Lipinski definition) is 4. The highest BCUT2D eigenvalue weighted by Crippen LogP contribution is 2.13. The molecule has 0 aliphatic heterocycles. The molecule has 2 N–H and O–H groups in total. The van der Waals surface area contributed by atoms with E-state index in [1.807, 2.05) is 30.3 Å². The van der Waals surface area contributed by atoms with Gasteiger partial charge in [-0.3, -0.25) is 15.1 Å². The Morgan fingerprint density at radius 3 is 2.83 bits per heavy atom. The van der Waals surface area contributed by atoms with Gasteiger partial charge in [0.05, 0.1) is 13.3 Å². The van der Waals surface area contributed by atoms with Crippen LogP contribution in [0, 0.1) is 0 Å². The molecule has 1 amide bonds. The standard InChI is InChI=1S/C19H25N3O2/c1-3-4-11-21-18(14-15-8-7-9-16(13-15)24-2)22-19(23)17-10-5-6-12-20-17/h5-10,12-13,18,21H,3-4,11,14H2,1-2H3,(H,22,23)/t18-/m1/s1. The maximum Gasteiger partial charge on any atom is 0.271 e. The van der Waals surface area contributed by atoms with Gasteiger partial charge in [0.15, 0.2) is 0 Å². The lowest BCUT2D eigenvalue weighted by molar-refractivity contribution is 0.0924. The van der Waals surface area contributed by atoms with Crippen molar-refractivity contribution in [2.75, 3.05) is 13.7 Å². The molecule has 0 saturated heterocycles. The minimum Gasteiger partial charge on any atom is -0.497 e. The summed E-state index contributed by atoms with van der Waals surface area (Å²) in [7, 11) is 1.65. The number of carbonyl (C=O) groups excluding carboxylic acids is 1. The van der Waals surface area contributed by atoms with Crippen molar-refractivity contribution >= 4 is 5.91 Å². The van der Waals surface area contributed by atoms with E-state index in [2.05, 4.69) is 22.5 Å². The van der Waals surface area contributed by atoms with Crippen molar-refractivity contribution < 1.29 is 9.53 Å². The van der Waals surface area contributed by atoms with E-state index in [0.29, 0.717) is 12.1 Å². The Hall–Kier alpha value is -2.40. The average Bonchev–Trinajstić information content (AvgIpc) is 2.62. The zero-order chi connectivity index (χ0) is 17.2. The van der Waals surface area contributed by atoms with Crippen LogP contribution in [0.3, 0.4) is 0 Å². The summed E-state index contributed by atoms with van der Waals surface area (Å²) in [5.74, 6) is 0.642. The van der Waals surface area contributed by atoms with Gasteiger partial charge in [-0.25, -0.2) is 0 Å². The molecule has 0 aliphatic carbocycles. The van der Waals surface area contributed by atoms with E-state index in [1.165, 1.54) is 0 Å². The van der Waals surface area contributed by atoms with Crippen LogP contribution < -0.4 is 15.4 Å². The molecule has 5 heteroatoms. The molecule has 2 aromatic rings. The first-order valence-corrected chi connectivity index (χ1v) is 8.31. The summed E-state index contributed by atoms with van der Waals surface area (Å²) < 4.78 is 5.27. The third-order valence-corrected chi connectivity index (χ3v) is 3.70. The van der Waals surface area contributed by atoms with Gasteiger partial charge >= 0.3 is 0 Å². The summed E-state index contributed by atoms with van der Waals surface area (Å²) in [5, 5.41) is 6.43. The molecule has 0 unspecified atom stereocenters. The Balaban J connectivity index is 2.04. The minimum absolute atomic E-state index is 0.154. The first-order chi connectivity index (χ1) is 11.7. The Bertz CT molecular complexity index is 632. The summed E-state index contributed by atoms with van der Waals surface area (Å²) in [6.45, 7) is 3.00. The van der Waals surface area contributed by atoms with Crippen molar-refractivity contribution in [3.63, 3.8) is 0 Å². The zero-order valence-electron chi connectivity index (χ0n) is 14.3. The Kier molecular flexibility index (Phi) is 7.23.